The number of hydrogen-bond acceptors (Lipinski definition) is 5. The van der Waals surface area contributed by atoms with Crippen molar-refractivity contribution < 1.29 is 14.3 Å². The molecule has 2 N–H and O–H groups in total. The summed E-state index contributed by atoms with van der Waals surface area (Å²) in [5.74, 6) is 2.53. The molecule has 0 saturated carbocycles. The standard InChI is InChI=1S/C22H28N2O3S/c1-26-19-9-7-17(8-10-19)11-12-23-22(25)21(24-13-20-14-27-20)16-28-15-18-5-3-2-4-6-18/h2-10,20-21,24H,11-16H2,1H3,(H,23,25). The molecule has 1 aliphatic heterocycles. The van der Waals surface area contributed by atoms with Crippen LogP contribution in [0.5, 0.6) is 5.75 Å². The number of epoxide rings is 1. The van der Waals surface area contributed by atoms with Crippen LogP contribution in [0.25, 0.3) is 0 Å². The van der Waals surface area contributed by atoms with E-state index in [1.807, 2.05) is 42.5 Å². The van der Waals surface area contributed by atoms with Crippen molar-refractivity contribution in [3.63, 3.8) is 0 Å². The zero-order valence-corrected chi connectivity index (χ0v) is 17.0. The molecular formula is C22H28N2O3S. The molecular weight excluding hydrogens is 372 g/mol. The van der Waals surface area contributed by atoms with Crippen molar-refractivity contribution in [1.82, 2.24) is 10.6 Å². The monoisotopic (exact) mass is 400 g/mol. The molecule has 1 fully saturated rings. The van der Waals surface area contributed by atoms with E-state index in [0.29, 0.717) is 6.54 Å². The van der Waals surface area contributed by atoms with E-state index < -0.39 is 0 Å². The second-order valence-electron chi connectivity index (χ2n) is 6.81. The lowest BCUT2D eigenvalue weighted by molar-refractivity contribution is -0.122. The summed E-state index contributed by atoms with van der Waals surface area (Å²) >= 11 is 1.77. The topological polar surface area (TPSA) is 62.9 Å². The average Bonchev–Trinajstić information content (AvgIpc) is 3.56. The van der Waals surface area contributed by atoms with Crippen LogP contribution in [0.1, 0.15) is 11.1 Å². The van der Waals surface area contributed by atoms with Crippen LogP contribution in [-0.4, -0.2) is 50.6 Å². The van der Waals surface area contributed by atoms with Crippen molar-refractivity contribution in [2.24, 2.45) is 0 Å². The molecule has 3 rings (SSSR count). The second kappa shape index (κ2) is 11.1. The Morgan fingerprint density at radius 3 is 2.61 bits per heavy atom. The van der Waals surface area contributed by atoms with Gasteiger partial charge in [-0.1, -0.05) is 42.5 Å². The van der Waals surface area contributed by atoms with E-state index in [0.717, 1.165) is 36.8 Å². The van der Waals surface area contributed by atoms with E-state index in [4.69, 9.17) is 9.47 Å². The number of carbonyl (C=O) groups is 1. The molecule has 2 aromatic rings. The Morgan fingerprint density at radius 1 is 1.18 bits per heavy atom. The van der Waals surface area contributed by atoms with Gasteiger partial charge in [-0.3, -0.25) is 4.79 Å². The molecule has 1 aliphatic rings. The molecule has 2 atom stereocenters. The normalized spacial score (nSPS) is 16.4. The molecule has 5 nitrogen and oxygen atoms in total. The number of amides is 1. The van der Waals surface area contributed by atoms with Crippen molar-refractivity contribution in [2.45, 2.75) is 24.3 Å². The number of rotatable bonds is 12. The second-order valence-corrected chi connectivity index (χ2v) is 7.84. The summed E-state index contributed by atoms with van der Waals surface area (Å²) < 4.78 is 10.4. The van der Waals surface area contributed by atoms with Gasteiger partial charge in [0.2, 0.25) is 5.91 Å². The quantitative estimate of drug-likeness (QED) is 0.537. The summed E-state index contributed by atoms with van der Waals surface area (Å²) in [4.78, 5) is 12.7. The van der Waals surface area contributed by atoms with Gasteiger partial charge in [-0.25, -0.2) is 0 Å². The van der Waals surface area contributed by atoms with E-state index >= 15 is 0 Å². The van der Waals surface area contributed by atoms with Crippen LogP contribution in [0, 0.1) is 0 Å². The highest BCUT2D eigenvalue weighted by molar-refractivity contribution is 7.98. The maximum Gasteiger partial charge on any atom is 0.238 e. The Morgan fingerprint density at radius 2 is 1.93 bits per heavy atom. The minimum atomic E-state index is -0.214. The van der Waals surface area contributed by atoms with E-state index in [9.17, 15) is 4.79 Å². The Balaban J connectivity index is 1.43. The van der Waals surface area contributed by atoms with Crippen LogP contribution >= 0.6 is 11.8 Å². The van der Waals surface area contributed by atoms with Gasteiger partial charge in [0.1, 0.15) is 5.75 Å². The molecule has 28 heavy (non-hydrogen) atoms. The minimum absolute atomic E-state index is 0.0507. The first-order chi connectivity index (χ1) is 13.7. The summed E-state index contributed by atoms with van der Waals surface area (Å²) in [7, 11) is 1.66. The molecule has 0 aliphatic carbocycles. The third-order valence-electron chi connectivity index (χ3n) is 4.58. The van der Waals surface area contributed by atoms with Crippen molar-refractivity contribution >= 4 is 17.7 Å². The fourth-order valence-corrected chi connectivity index (χ4v) is 3.85. The molecule has 0 radical (unpaired) electrons. The third kappa shape index (κ3) is 7.19. The van der Waals surface area contributed by atoms with Crippen LogP contribution in [0.4, 0.5) is 0 Å². The fourth-order valence-electron chi connectivity index (χ4n) is 2.80. The predicted octanol–water partition coefficient (Wildman–Crippen LogP) is 2.64. The van der Waals surface area contributed by atoms with Crippen LogP contribution < -0.4 is 15.4 Å². The summed E-state index contributed by atoms with van der Waals surface area (Å²) in [6, 6.07) is 18.1. The first-order valence-corrected chi connectivity index (χ1v) is 10.8. The number of methoxy groups -OCH3 is 1. The highest BCUT2D eigenvalue weighted by Crippen LogP contribution is 2.14. The van der Waals surface area contributed by atoms with Gasteiger partial charge in [0, 0.05) is 24.6 Å². The number of nitrogens with one attached hydrogen (secondary N) is 2. The molecule has 1 amide bonds. The van der Waals surface area contributed by atoms with Crippen LogP contribution in [0.2, 0.25) is 0 Å². The van der Waals surface area contributed by atoms with Gasteiger partial charge in [-0.2, -0.15) is 11.8 Å². The maximum atomic E-state index is 12.7. The number of hydrogen-bond donors (Lipinski definition) is 2. The lowest BCUT2D eigenvalue weighted by atomic mass is 10.1. The van der Waals surface area contributed by atoms with Crippen molar-refractivity contribution in [1.29, 1.82) is 0 Å². The molecule has 2 unspecified atom stereocenters. The number of benzene rings is 2. The van der Waals surface area contributed by atoms with Crippen LogP contribution in [0.15, 0.2) is 54.6 Å². The first-order valence-electron chi connectivity index (χ1n) is 9.62. The molecule has 6 heteroatoms. The van der Waals surface area contributed by atoms with Crippen molar-refractivity contribution in [3.8, 4) is 5.75 Å². The van der Waals surface area contributed by atoms with Crippen LogP contribution in [-0.2, 0) is 21.7 Å². The van der Waals surface area contributed by atoms with E-state index in [1.54, 1.807) is 18.9 Å². The molecule has 1 heterocycles. The van der Waals surface area contributed by atoms with Crippen LogP contribution in [0.3, 0.4) is 0 Å². The summed E-state index contributed by atoms with van der Waals surface area (Å²) in [5, 5.41) is 6.42. The summed E-state index contributed by atoms with van der Waals surface area (Å²) in [6.45, 7) is 2.13. The summed E-state index contributed by atoms with van der Waals surface area (Å²) in [5.41, 5.74) is 2.45. The first kappa shape index (κ1) is 20.7. The smallest absolute Gasteiger partial charge is 0.238 e. The summed E-state index contributed by atoms with van der Waals surface area (Å²) in [6.07, 6.45) is 1.06. The molecule has 2 aromatic carbocycles. The van der Waals surface area contributed by atoms with Crippen molar-refractivity contribution in [2.75, 3.05) is 32.6 Å². The molecule has 1 saturated heterocycles. The van der Waals surface area contributed by atoms with Gasteiger partial charge in [-0.05, 0) is 29.7 Å². The van der Waals surface area contributed by atoms with Gasteiger partial charge in [0.05, 0.1) is 25.9 Å². The van der Waals surface area contributed by atoms with Gasteiger partial charge < -0.3 is 20.1 Å². The highest BCUT2D eigenvalue weighted by Gasteiger charge is 2.25. The SMILES string of the molecule is COc1ccc(CCNC(=O)C(CSCc2ccccc2)NCC2CO2)cc1. The average molecular weight is 401 g/mol. The number of thioether (sulfide) groups is 1. The Bertz CT molecular complexity index is 720. The third-order valence-corrected chi connectivity index (χ3v) is 5.69. The van der Waals surface area contributed by atoms with E-state index in [1.165, 1.54) is 11.1 Å². The highest BCUT2D eigenvalue weighted by atomic mass is 32.2. The predicted molar refractivity (Wildman–Crippen MR) is 114 cm³/mol. The molecule has 0 spiro atoms. The van der Waals surface area contributed by atoms with Crippen molar-refractivity contribution in [3.05, 3.63) is 65.7 Å². The maximum absolute atomic E-state index is 12.7. The van der Waals surface area contributed by atoms with Gasteiger partial charge in [-0.15, -0.1) is 0 Å². The Labute approximate surface area is 171 Å². The Hall–Kier alpha value is -2.02. The van der Waals surface area contributed by atoms with Gasteiger partial charge in [0.25, 0.3) is 0 Å². The molecule has 150 valence electrons. The van der Waals surface area contributed by atoms with Gasteiger partial charge >= 0.3 is 0 Å². The van der Waals surface area contributed by atoms with Gasteiger partial charge in [0.15, 0.2) is 0 Å². The largest absolute Gasteiger partial charge is 0.497 e. The minimum Gasteiger partial charge on any atom is -0.497 e. The lowest BCUT2D eigenvalue weighted by Crippen LogP contribution is -2.47. The molecule has 0 bridgehead atoms. The number of carbonyl (C=O) groups excluding carboxylic acids is 1. The molecule has 0 aromatic heterocycles. The Kier molecular flexibility index (Phi) is 8.21. The fraction of sp³-hybridized carbons (Fsp3) is 0.409. The zero-order chi connectivity index (χ0) is 19.6. The zero-order valence-electron chi connectivity index (χ0n) is 16.2. The number of ether oxygens (including phenoxy) is 2. The lowest BCUT2D eigenvalue weighted by Gasteiger charge is -2.18. The van der Waals surface area contributed by atoms with E-state index in [-0.39, 0.29) is 18.1 Å². The van der Waals surface area contributed by atoms with E-state index in [2.05, 4.69) is 22.8 Å².